The Balaban J connectivity index is 1.02. The molecule has 266 valence electrons. The van der Waals surface area contributed by atoms with E-state index in [0.717, 1.165) is 55.1 Å². The summed E-state index contributed by atoms with van der Waals surface area (Å²) in [7, 11) is 0. The maximum atomic E-state index is 6.77. The second-order valence-electron chi connectivity index (χ2n) is 14.3. The zero-order valence-electron chi connectivity index (χ0n) is 30.3. The van der Waals surface area contributed by atoms with Gasteiger partial charge in [0, 0.05) is 73.4 Å². The summed E-state index contributed by atoms with van der Waals surface area (Å²) in [6.07, 6.45) is 0. The van der Waals surface area contributed by atoms with Crippen molar-refractivity contribution in [2.45, 2.75) is 0 Å². The number of hydrogen-bond acceptors (Lipinski definition) is 6. The van der Waals surface area contributed by atoms with Gasteiger partial charge in [0.1, 0.15) is 11.2 Å². The van der Waals surface area contributed by atoms with Crippen molar-refractivity contribution in [1.82, 2.24) is 15.0 Å². The molecule has 0 amide bonds. The van der Waals surface area contributed by atoms with Gasteiger partial charge in [-0.05, 0) is 59.2 Å². The van der Waals surface area contributed by atoms with Crippen molar-refractivity contribution in [2.75, 3.05) is 0 Å². The van der Waals surface area contributed by atoms with Gasteiger partial charge in [0.25, 0.3) is 0 Å². The molecule has 57 heavy (non-hydrogen) atoms. The van der Waals surface area contributed by atoms with Gasteiger partial charge >= 0.3 is 0 Å². The number of furan rings is 1. The molecule has 0 fully saturated rings. The SMILES string of the molecule is c1ccc(-c2nc(-c3ccccc3)nc(-c3cccc4sc5cc(-c6ccc(-c7ccc8sc9ccccc9c8c7)c7c6oc6ccccc67)ccc5c34)n2)cc1. The van der Waals surface area contributed by atoms with E-state index in [9.17, 15) is 0 Å². The Labute approximate surface area is 335 Å². The Morgan fingerprint density at radius 2 is 0.947 bits per heavy atom. The fourth-order valence-corrected chi connectivity index (χ4v) is 10.6. The summed E-state index contributed by atoms with van der Waals surface area (Å²) in [5.74, 6) is 1.96. The molecule has 0 saturated carbocycles. The fourth-order valence-electron chi connectivity index (χ4n) is 8.30. The van der Waals surface area contributed by atoms with Crippen LogP contribution in [0.3, 0.4) is 0 Å². The van der Waals surface area contributed by atoms with Gasteiger partial charge < -0.3 is 4.42 Å². The molecule has 0 N–H and O–H groups in total. The normalized spacial score (nSPS) is 11.9. The number of thiophene rings is 2. The first kappa shape index (κ1) is 32.3. The van der Waals surface area contributed by atoms with E-state index in [1.165, 1.54) is 46.1 Å². The second-order valence-corrected chi connectivity index (χ2v) is 16.5. The van der Waals surface area contributed by atoms with Gasteiger partial charge in [-0.15, -0.1) is 22.7 Å². The van der Waals surface area contributed by atoms with Crippen LogP contribution in [0.2, 0.25) is 0 Å². The number of benzene rings is 8. The van der Waals surface area contributed by atoms with Crippen LogP contribution in [0.25, 0.3) is 119 Å². The number of para-hydroxylation sites is 1. The quantitative estimate of drug-likeness (QED) is 0.175. The lowest BCUT2D eigenvalue weighted by Crippen LogP contribution is -2.00. The van der Waals surface area contributed by atoms with E-state index in [1.807, 2.05) is 78.1 Å². The van der Waals surface area contributed by atoms with Crippen LogP contribution < -0.4 is 0 Å². The lowest BCUT2D eigenvalue weighted by molar-refractivity contribution is 0.670. The van der Waals surface area contributed by atoms with E-state index < -0.39 is 0 Å². The van der Waals surface area contributed by atoms with E-state index >= 15 is 0 Å². The number of rotatable bonds is 5. The van der Waals surface area contributed by atoms with Crippen molar-refractivity contribution in [1.29, 1.82) is 0 Å². The molecule has 4 heterocycles. The van der Waals surface area contributed by atoms with Crippen molar-refractivity contribution < 1.29 is 4.42 Å². The van der Waals surface area contributed by atoms with Gasteiger partial charge in [-0.1, -0.05) is 133 Å². The van der Waals surface area contributed by atoms with E-state index in [1.54, 1.807) is 11.3 Å². The van der Waals surface area contributed by atoms with E-state index in [2.05, 4.69) is 109 Å². The van der Waals surface area contributed by atoms with Gasteiger partial charge in [-0.2, -0.15) is 0 Å². The summed E-state index contributed by atoms with van der Waals surface area (Å²) in [6.45, 7) is 0. The predicted molar refractivity (Wildman–Crippen MR) is 240 cm³/mol. The van der Waals surface area contributed by atoms with Crippen molar-refractivity contribution >= 4 is 85.0 Å². The molecule has 12 rings (SSSR count). The maximum Gasteiger partial charge on any atom is 0.164 e. The molecule has 0 atom stereocenters. The summed E-state index contributed by atoms with van der Waals surface area (Å²) < 4.78 is 11.8. The van der Waals surface area contributed by atoms with E-state index in [0.29, 0.717) is 17.5 Å². The molecular weight excluding hydrogens is 735 g/mol. The predicted octanol–water partition coefficient (Wildman–Crippen LogP) is 14.8. The van der Waals surface area contributed by atoms with Gasteiger partial charge in [-0.25, -0.2) is 15.0 Å². The molecular formula is C51H29N3OS2. The average molecular weight is 764 g/mol. The summed E-state index contributed by atoms with van der Waals surface area (Å²) in [6, 6.07) is 62.0. The highest BCUT2D eigenvalue weighted by atomic mass is 32.1. The number of aromatic nitrogens is 3. The highest BCUT2D eigenvalue weighted by molar-refractivity contribution is 7.26. The first-order valence-corrected chi connectivity index (χ1v) is 20.6. The van der Waals surface area contributed by atoms with Crippen LogP contribution in [0.15, 0.2) is 180 Å². The highest BCUT2D eigenvalue weighted by Gasteiger charge is 2.21. The van der Waals surface area contributed by atoms with Crippen LogP contribution >= 0.6 is 22.7 Å². The Bertz CT molecular complexity index is 3470. The van der Waals surface area contributed by atoms with Crippen molar-refractivity contribution in [3.05, 3.63) is 176 Å². The largest absolute Gasteiger partial charge is 0.455 e. The molecule has 12 aromatic rings. The highest BCUT2D eigenvalue weighted by Crippen LogP contribution is 2.46. The van der Waals surface area contributed by atoms with E-state index in [4.69, 9.17) is 19.4 Å². The van der Waals surface area contributed by atoms with Crippen LogP contribution in [-0.4, -0.2) is 15.0 Å². The molecule has 6 heteroatoms. The van der Waals surface area contributed by atoms with Crippen molar-refractivity contribution in [2.24, 2.45) is 0 Å². The van der Waals surface area contributed by atoms with Crippen LogP contribution in [0.1, 0.15) is 0 Å². The molecule has 0 aliphatic carbocycles. The summed E-state index contributed by atoms with van der Waals surface area (Å²) in [4.78, 5) is 15.1. The summed E-state index contributed by atoms with van der Waals surface area (Å²) in [5.41, 5.74) is 9.23. The minimum Gasteiger partial charge on any atom is -0.455 e. The van der Waals surface area contributed by atoms with Gasteiger partial charge in [0.2, 0.25) is 0 Å². The number of fused-ring (bicyclic) bond motifs is 9. The zero-order valence-corrected chi connectivity index (χ0v) is 31.9. The lowest BCUT2D eigenvalue weighted by Gasteiger charge is -2.10. The number of hydrogen-bond donors (Lipinski definition) is 0. The van der Waals surface area contributed by atoms with Gasteiger partial charge in [0.15, 0.2) is 17.5 Å². The Morgan fingerprint density at radius 1 is 0.333 bits per heavy atom. The molecule has 0 unspecified atom stereocenters. The van der Waals surface area contributed by atoms with Crippen molar-refractivity contribution in [3.63, 3.8) is 0 Å². The summed E-state index contributed by atoms with van der Waals surface area (Å²) in [5, 5.41) is 7.17. The standard InChI is InChI=1S/C51H29N3OS2/c1-3-12-30(13-4-1)49-52-50(31-14-5-2-6-15-31)54-51(53-49)39-18-11-21-44-46(39)38-24-22-33(29-45(38)57-44)35-26-25-34(47-37-17-7-9-19-41(37)55-48(35)47)32-23-27-43-40(28-32)36-16-8-10-20-42(36)56-43/h1-29H. The molecule has 0 spiro atoms. The van der Waals surface area contributed by atoms with E-state index in [-0.39, 0.29) is 0 Å². The third kappa shape index (κ3) is 5.22. The van der Waals surface area contributed by atoms with Crippen LogP contribution in [-0.2, 0) is 0 Å². The Hall–Kier alpha value is -6.99. The average Bonchev–Trinajstić information content (AvgIpc) is 3.97. The van der Waals surface area contributed by atoms with Gasteiger partial charge in [0.05, 0.1) is 0 Å². The van der Waals surface area contributed by atoms with Crippen LogP contribution in [0.4, 0.5) is 0 Å². The molecule has 4 nitrogen and oxygen atoms in total. The minimum atomic E-state index is 0.653. The fraction of sp³-hybridized carbons (Fsp3) is 0. The zero-order chi connectivity index (χ0) is 37.5. The number of nitrogens with zero attached hydrogens (tertiary/aromatic N) is 3. The van der Waals surface area contributed by atoms with Crippen LogP contribution in [0.5, 0.6) is 0 Å². The Morgan fingerprint density at radius 3 is 1.75 bits per heavy atom. The minimum absolute atomic E-state index is 0.653. The van der Waals surface area contributed by atoms with Crippen LogP contribution in [0, 0.1) is 0 Å². The third-order valence-electron chi connectivity index (χ3n) is 11.0. The summed E-state index contributed by atoms with van der Waals surface area (Å²) >= 11 is 3.64. The monoisotopic (exact) mass is 763 g/mol. The van der Waals surface area contributed by atoms with Crippen molar-refractivity contribution in [3.8, 4) is 56.4 Å². The molecule has 0 aliphatic rings. The molecule has 4 aromatic heterocycles. The third-order valence-corrected chi connectivity index (χ3v) is 13.2. The Kier molecular flexibility index (Phi) is 7.24. The topological polar surface area (TPSA) is 51.8 Å². The smallest absolute Gasteiger partial charge is 0.164 e. The molecule has 8 aromatic carbocycles. The molecule has 0 bridgehead atoms. The lowest BCUT2D eigenvalue weighted by atomic mass is 9.93. The van der Waals surface area contributed by atoms with Gasteiger partial charge in [-0.3, -0.25) is 0 Å². The maximum absolute atomic E-state index is 6.77. The first-order chi connectivity index (χ1) is 28.2. The molecule has 0 saturated heterocycles. The second kappa shape index (κ2) is 12.8. The molecule has 0 aliphatic heterocycles. The first-order valence-electron chi connectivity index (χ1n) is 18.9. The molecule has 0 radical (unpaired) electrons.